The zero-order valence-electron chi connectivity index (χ0n) is 17.6. The Morgan fingerprint density at radius 1 is 0.967 bits per heavy atom. The normalized spacial score (nSPS) is 34.5. The number of rotatable bonds is 4. The van der Waals surface area contributed by atoms with Crippen molar-refractivity contribution in [2.45, 2.75) is 76.6 Å². The monoisotopic (exact) mass is 434 g/mol. The Kier molecular flexibility index (Phi) is 5.10. The van der Waals surface area contributed by atoms with Gasteiger partial charge in [0, 0.05) is 10.6 Å². The molecule has 6 nitrogen and oxygen atoms in total. The third kappa shape index (κ3) is 3.75. The summed E-state index contributed by atoms with van der Waals surface area (Å²) in [6.45, 7) is 8.29. The molecule has 0 amide bonds. The SMILES string of the molecule is CC1(C)O[C@H]2O[C@H]([C@H]3COC(C)(C)O3)[C@H](OCc3c(Cl)ccc4ccccc34)[C@H]2O1. The van der Waals surface area contributed by atoms with E-state index in [1.807, 2.05) is 52.0 Å². The minimum Gasteiger partial charge on any atom is -0.368 e. The standard InChI is InChI=1S/C23H27ClO6/c1-22(2)26-12-17(28-22)18-19(20-21(27-18)30-23(3,4)29-20)25-11-15-14-8-6-5-7-13(14)9-10-16(15)24/h5-10,17-21H,11-12H2,1-4H3/t17-,18-,19+,20-,21-/m1/s1. The number of hydrogen-bond donors (Lipinski definition) is 0. The van der Waals surface area contributed by atoms with Crippen LogP contribution in [0.25, 0.3) is 10.8 Å². The Hall–Kier alpha value is -1.25. The Bertz CT molecular complexity index is 944. The fourth-order valence-corrected chi connectivity index (χ4v) is 4.73. The maximum absolute atomic E-state index is 6.53. The topological polar surface area (TPSA) is 55.4 Å². The van der Waals surface area contributed by atoms with Crippen LogP contribution in [0.5, 0.6) is 0 Å². The first-order valence-corrected chi connectivity index (χ1v) is 10.7. The average Bonchev–Trinajstić information content (AvgIpc) is 3.30. The number of fused-ring (bicyclic) bond motifs is 2. The van der Waals surface area contributed by atoms with Crippen molar-refractivity contribution >= 4 is 22.4 Å². The molecule has 0 saturated carbocycles. The number of hydrogen-bond acceptors (Lipinski definition) is 6. The summed E-state index contributed by atoms with van der Waals surface area (Å²) in [5.41, 5.74) is 0.944. The van der Waals surface area contributed by atoms with Crippen molar-refractivity contribution in [1.82, 2.24) is 0 Å². The molecule has 3 fully saturated rings. The van der Waals surface area contributed by atoms with E-state index >= 15 is 0 Å². The summed E-state index contributed by atoms with van der Waals surface area (Å²) in [7, 11) is 0. The van der Waals surface area contributed by atoms with Crippen LogP contribution in [0.4, 0.5) is 0 Å². The summed E-state index contributed by atoms with van der Waals surface area (Å²) in [4.78, 5) is 0. The summed E-state index contributed by atoms with van der Waals surface area (Å²) in [5.74, 6) is -1.39. The Morgan fingerprint density at radius 2 is 1.77 bits per heavy atom. The van der Waals surface area contributed by atoms with Crippen LogP contribution in [0, 0.1) is 0 Å². The van der Waals surface area contributed by atoms with Crippen molar-refractivity contribution in [3.05, 3.63) is 47.0 Å². The lowest BCUT2D eigenvalue weighted by Crippen LogP contribution is -2.44. The van der Waals surface area contributed by atoms with Crippen LogP contribution in [-0.4, -0.2) is 48.9 Å². The predicted octanol–water partition coefficient (Wildman–Crippen LogP) is 4.41. The van der Waals surface area contributed by atoms with Gasteiger partial charge in [-0.1, -0.05) is 41.9 Å². The van der Waals surface area contributed by atoms with Crippen molar-refractivity contribution < 1.29 is 28.4 Å². The molecule has 2 aromatic rings. The molecule has 0 aromatic heterocycles. The van der Waals surface area contributed by atoms with Crippen LogP contribution >= 0.6 is 11.6 Å². The zero-order valence-corrected chi connectivity index (χ0v) is 18.3. The lowest BCUT2D eigenvalue weighted by atomic mass is 10.0. The van der Waals surface area contributed by atoms with Gasteiger partial charge in [0.2, 0.25) is 0 Å². The summed E-state index contributed by atoms with van der Waals surface area (Å²) in [6.07, 6.45) is -1.88. The van der Waals surface area contributed by atoms with E-state index in [2.05, 4.69) is 12.1 Å². The van der Waals surface area contributed by atoms with Gasteiger partial charge in [-0.05, 0) is 44.5 Å². The Labute approximate surface area is 181 Å². The second kappa shape index (κ2) is 7.41. The quantitative estimate of drug-likeness (QED) is 0.710. The molecule has 7 heteroatoms. The molecule has 30 heavy (non-hydrogen) atoms. The zero-order chi connectivity index (χ0) is 21.1. The van der Waals surface area contributed by atoms with Crippen LogP contribution in [-0.2, 0) is 35.0 Å². The minimum absolute atomic E-state index is 0.270. The van der Waals surface area contributed by atoms with Crippen molar-refractivity contribution in [3.63, 3.8) is 0 Å². The molecule has 162 valence electrons. The van der Waals surface area contributed by atoms with E-state index in [1.165, 1.54) is 0 Å². The highest BCUT2D eigenvalue weighted by atomic mass is 35.5. The summed E-state index contributed by atoms with van der Waals surface area (Å²) in [5, 5.41) is 2.86. The molecule has 0 radical (unpaired) electrons. The first-order valence-electron chi connectivity index (χ1n) is 10.3. The molecule has 3 saturated heterocycles. The van der Waals surface area contributed by atoms with E-state index in [9.17, 15) is 0 Å². The fourth-order valence-electron chi connectivity index (χ4n) is 4.51. The molecule has 0 unspecified atom stereocenters. The Morgan fingerprint density at radius 3 is 2.53 bits per heavy atom. The molecule has 5 rings (SSSR count). The van der Waals surface area contributed by atoms with Gasteiger partial charge in [0.25, 0.3) is 0 Å². The van der Waals surface area contributed by atoms with E-state index in [-0.39, 0.29) is 24.4 Å². The largest absolute Gasteiger partial charge is 0.368 e. The van der Waals surface area contributed by atoms with Crippen LogP contribution in [0.1, 0.15) is 33.3 Å². The fraction of sp³-hybridized carbons (Fsp3) is 0.565. The van der Waals surface area contributed by atoms with Crippen molar-refractivity contribution in [2.24, 2.45) is 0 Å². The van der Waals surface area contributed by atoms with Crippen molar-refractivity contribution in [2.75, 3.05) is 6.61 Å². The Balaban J connectivity index is 1.41. The molecule has 0 aliphatic carbocycles. The van der Waals surface area contributed by atoms with E-state index in [0.717, 1.165) is 16.3 Å². The van der Waals surface area contributed by atoms with Gasteiger partial charge in [-0.15, -0.1) is 0 Å². The number of ether oxygens (including phenoxy) is 6. The summed E-state index contributed by atoms with van der Waals surface area (Å²) < 4.78 is 36.5. The second-order valence-electron chi connectivity index (χ2n) is 8.96. The molecule has 3 heterocycles. The maximum atomic E-state index is 6.53. The van der Waals surface area contributed by atoms with E-state index < -0.39 is 17.9 Å². The molecular formula is C23H27ClO6. The van der Waals surface area contributed by atoms with Crippen LogP contribution in [0.2, 0.25) is 5.02 Å². The van der Waals surface area contributed by atoms with Crippen LogP contribution in [0.3, 0.4) is 0 Å². The lowest BCUT2D eigenvalue weighted by Gasteiger charge is -2.29. The summed E-state index contributed by atoms with van der Waals surface area (Å²) in [6, 6.07) is 12.1. The number of halogens is 1. The minimum atomic E-state index is -0.731. The van der Waals surface area contributed by atoms with Crippen molar-refractivity contribution in [1.29, 1.82) is 0 Å². The maximum Gasteiger partial charge on any atom is 0.190 e. The van der Waals surface area contributed by atoms with Gasteiger partial charge in [-0.25, -0.2) is 0 Å². The molecular weight excluding hydrogens is 408 g/mol. The highest BCUT2D eigenvalue weighted by Gasteiger charge is 2.58. The van der Waals surface area contributed by atoms with Gasteiger partial charge in [0.1, 0.15) is 24.4 Å². The molecule has 0 N–H and O–H groups in total. The van der Waals surface area contributed by atoms with E-state index in [4.69, 9.17) is 40.0 Å². The first-order chi connectivity index (χ1) is 14.2. The number of benzene rings is 2. The van der Waals surface area contributed by atoms with E-state index in [0.29, 0.717) is 18.2 Å². The van der Waals surface area contributed by atoms with Crippen LogP contribution in [0.15, 0.2) is 36.4 Å². The van der Waals surface area contributed by atoms with Crippen LogP contribution < -0.4 is 0 Å². The molecule has 2 aromatic carbocycles. The molecule has 3 aliphatic heterocycles. The third-order valence-corrected chi connectivity index (χ3v) is 6.18. The van der Waals surface area contributed by atoms with Gasteiger partial charge >= 0.3 is 0 Å². The smallest absolute Gasteiger partial charge is 0.190 e. The second-order valence-corrected chi connectivity index (χ2v) is 9.37. The van der Waals surface area contributed by atoms with Gasteiger partial charge < -0.3 is 28.4 Å². The molecule has 5 atom stereocenters. The third-order valence-electron chi connectivity index (χ3n) is 5.83. The van der Waals surface area contributed by atoms with Crippen molar-refractivity contribution in [3.8, 4) is 0 Å². The molecule has 3 aliphatic rings. The first kappa shape index (κ1) is 20.6. The molecule has 0 bridgehead atoms. The predicted molar refractivity (Wildman–Crippen MR) is 111 cm³/mol. The average molecular weight is 435 g/mol. The van der Waals surface area contributed by atoms with Gasteiger partial charge in [-0.2, -0.15) is 0 Å². The highest BCUT2D eigenvalue weighted by molar-refractivity contribution is 6.32. The summed E-state index contributed by atoms with van der Waals surface area (Å²) >= 11 is 6.53. The van der Waals surface area contributed by atoms with Gasteiger partial charge in [0.05, 0.1) is 13.2 Å². The van der Waals surface area contributed by atoms with Gasteiger partial charge in [-0.3, -0.25) is 0 Å². The highest BCUT2D eigenvalue weighted by Crippen LogP contribution is 2.42. The van der Waals surface area contributed by atoms with E-state index in [1.54, 1.807) is 0 Å². The molecule has 0 spiro atoms. The van der Waals surface area contributed by atoms with Gasteiger partial charge in [0.15, 0.2) is 17.9 Å². The lowest BCUT2D eigenvalue weighted by molar-refractivity contribution is -0.236.